The van der Waals surface area contributed by atoms with Crippen LogP contribution in [0.15, 0.2) is 24.3 Å². The van der Waals surface area contributed by atoms with Crippen LogP contribution in [0.4, 0.5) is 5.69 Å². The summed E-state index contributed by atoms with van der Waals surface area (Å²) < 4.78 is 17.9. The second kappa shape index (κ2) is 5.23. The van der Waals surface area contributed by atoms with Gasteiger partial charge in [0.2, 0.25) is 0 Å². The van der Waals surface area contributed by atoms with Gasteiger partial charge in [-0.25, -0.2) is 0 Å². The Morgan fingerprint density at radius 3 is 1.96 bits per heavy atom. The van der Waals surface area contributed by atoms with Crippen molar-refractivity contribution in [2.24, 2.45) is 0 Å². The van der Waals surface area contributed by atoms with E-state index in [-0.39, 0.29) is 18.3 Å². The maximum atomic E-state index is 6.13. The van der Waals surface area contributed by atoms with Gasteiger partial charge in [0.05, 0.1) is 36.5 Å². The summed E-state index contributed by atoms with van der Waals surface area (Å²) in [7, 11) is -0.282. The Bertz CT molecular complexity index is 554. The predicted octanol–water partition coefficient (Wildman–Crippen LogP) is 2.35. The molecule has 3 aliphatic heterocycles. The minimum absolute atomic E-state index is 0.282. The van der Waals surface area contributed by atoms with Crippen LogP contribution in [0.3, 0.4) is 0 Å². The van der Waals surface area contributed by atoms with Gasteiger partial charge in [0.15, 0.2) is 0 Å². The van der Waals surface area contributed by atoms with Crippen molar-refractivity contribution in [3.8, 4) is 0 Å². The van der Waals surface area contributed by atoms with Gasteiger partial charge in [-0.1, -0.05) is 12.1 Å². The highest BCUT2D eigenvalue weighted by Crippen LogP contribution is 2.37. The van der Waals surface area contributed by atoms with E-state index < -0.39 is 0 Å². The number of morpholine rings is 1. The first-order chi connectivity index (χ1) is 10.9. The van der Waals surface area contributed by atoms with Crippen molar-refractivity contribution < 1.29 is 14.0 Å². The lowest BCUT2D eigenvalue weighted by molar-refractivity contribution is 0.00578. The monoisotopic (exact) mass is 315 g/mol. The SMILES string of the molecule is CC1(C)OB(c2ccc(N3[C@@H]4CC[C@H]3COC4)cc2)OC1(C)C. The van der Waals surface area contributed by atoms with Gasteiger partial charge in [-0.3, -0.25) is 0 Å². The van der Waals surface area contributed by atoms with Gasteiger partial charge in [0.1, 0.15) is 0 Å². The molecule has 2 atom stereocenters. The van der Waals surface area contributed by atoms with Gasteiger partial charge in [0.25, 0.3) is 0 Å². The lowest BCUT2D eigenvalue weighted by atomic mass is 9.79. The van der Waals surface area contributed by atoms with E-state index >= 15 is 0 Å². The summed E-state index contributed by atoms with van der Waals surface area (Å²) in [5, 5.41) is 0. The number of ether oxygens (including phenoxy) is 1. The van der Waals surface area contributed by atoms with E-state index in [0.717, 1.165) is 18.7 Å². The van der Waals surface area contributed by atoms with E-state index in [9.17, 15) is 0 Å². The summed E-state index contributed by atoms with van der Waals surface area (Å²) in [6.07, 6.45) is 2.48. The number of anilines is 1. The van der Waals surface area contributed by atoms with Crippen molar-refractivity contribution in [1.29, 1.82) is 0 Å². The molecule has 0 unspecified atom stereocenters. The van der Waals surface area contributed by atoms with Crippen LogP contribution >= 0.6 is 0 Å². The third-order valence-electron chi connectivity index (χ3n) is 5.96. The summed E-state index contributed by atoms with van der Waals surface area (Å²) in [6, 6.07) is 9.78. The number of hydrogen-bond acceptors (Lipinski definition) is 4. The summed E-state index contributed by atoms with van der Waals surface area (Å²) in [4.78, 5) is 2.54. The van der Waals surface area contributed by atoms with E-state index in [4.69, 9.17) is 14.0 Å². The molecule has 1 aromatic carbocycles. The number of hydrogen-bond donors (Lipinski definition) is 0. The van der Waals surface area contributed by atoms with Crippen molar-refractivity contribution in [3.63, 3.8) is 0 Å². The predicted molar refractivity (Wildman–Crippen MR) is 92.3 cm³/mol. The maximum Gasteiger partial charge on any atom is 0.494 e. The first kappa shape index (κ1) is 15.5. The van der Waals surface area contributed by atoms with Crippen molar-refractivity contribution in [2.75, 3.05) is 18.1 Å². The molecule has 3 aliphatic rings. The number of rotatable bonds is 2. The Kier molecular flexibility index (Phi) is 3.52. The summed E-state index contributed by atoms with van der Waals surface area (Å²) in [5.41, 5.74) is 1.80. The quantitative estimate of drug-likeness (QED) is 0.784. The molecule has 4 nitrogen and oxygen atoms in total. The third-order valence-corrected chi connectivity index (χ3v) is 5.96. The Morgan fingerprint density at radius 1 is 0.913 bits per heavy atom. The maximum absolute atomic E-state index is 6.13. The molecule has 0 aliphatic carbocycles. The second-order valence-corrected chi connectivity index (χ2v) is 8.01. The standard InChI is InChI=1S/C18H26BNO3/c1-17(2)18(3,4)23-19(22-17)13-5-7-14(8-6-13)20-15-9-10-16(20)12-21-11-15/h5-8,15-16H,9-12H2,1-4H3/t15-,16+. The van der Waals surface area contributed by atoms with Gasteiger partial charge in [-0.05, 0) is 58.1 Å². The molecule has 0 aromatic heterocycles. The highest BCUT2D eigenvalue weighted by Gasteiger charge is 2.51. The molecule has 3 heterocycles. The van der Waals surface area contributed by atoms with Gasteiger partial charge in [-0.15, -0.1) is 0 Å². The van der Waals surface area contributed by atoms with Crippen LogP contribution in [0, 0.1) is 0 Å². The molecule has 0 spiro atoms. The molecule has 124 valence electrons. The smallest absolute Gasteiger partial charge is 0.399 e. The Balaban J connectivity index is 1.53. The highest BCUT2D eigenvalue weighted by molar-refractivity contribution is 6.62. The van der Waals surface area contributed by atoms with Crippen LogP contribution in [0.1, 0.15) is 40.5 Å². The van der Waals surface area contributed by atoms with E-state index in [1.54, 1.807) is 0 Å². The zero-order valence-corrected chi connectivity index (χ0v) is 14.5. The molecule has 3 saturated heterocycles. The molecule has 0 amide bonds. The van der Waals surface area contributed by atoms with Crippen LogP contribution in [0.2, 0.25) is 0 Å². The second-order valence-electron chi connectivity index (χ2n) is 8.01. The van der Waals surface area contributed by atoms with Crippen LogP contribution < -0.4 is 10.4 Å². The molecule has 5 heteroatoms. The molecule has 3 fully saturated rings. The Labute approximate surface area is 139 Å². The zero-order valence-electron chi connectivity index (χ0n) is 14.5. The fraction of sp³-hybridized carbons (Fsp3) is 0.667. The normalized spacial score (nSPS) is 31.7. The lowest BCUT2D eigenvalue weighted by Crippen LogP contribution is -2.46. The molecule has 0 radical (unpaired) electrons. The topological polar surface area (TPSA) is 30.9 Å². The minimum Gasteiger partial charge on any atom is -0.399 e. The van der Waals surface area contributed by atoms with Crippen LogP contribution in [0.25, 0.3) is 0 Å². The van der Waals surface area contributed by atoms with E-state index in [1.807, 2.05) is 0 Å². The highest BCUT2D eigenvalue weighted by atomic mass is 16.7. The molecule has 0 N–H and O–H groups in total. The van der Waals surface area contributed by atoms with E-state index in [2.05, 4.69) is 56.9 Å². The minimum atomic E-state index is -0.292. The Morgan fingerprint density at radius 2 is 1.43 bits per heavy atom. The summed E-state index contributed by atoms with van der Waals surface area (Å²) in [6.45, 7) is 10.1. The van der Waals surface area contributed by atoms with Gasteiger partial charge < -0.3 is 18.9 Å². The zero-order chi connectivity index (χ0) is 16.2. The largest absolute Gasteiger partial charge is 0.494 e. The van der Waals surface area contributed by atoms with E-state index in [1.165, 1.54) is 18.5 Å². The molecule has 0 saturated carbocycles. The van der Waals surface area contributed by atoms with Crippen molar-refractivity contribution in [1.82, 2.24) is 0 Å². The van der Waals surface area contributed by atoms with Crippen molar-refractivity contribution in [3.05, 3.63) is 24.3 Å². The van der Waals surface area contributed by atoms with Gasteiger partial charge in [0, 0.05) is 5.69 Å². The molecule has 1 aromatic rings. The van der Waals surface area contributed by atoms with Crippen LogP contribution in [-0.2, 0) is 14.0 Å². The van der Waals surface area contributed by atoms with Gasteiger partial charge in [-0.2, -0.15) is 0 Å². The average molecular weight is 315 g/mol. The summed E-state index contributed by atoms with van der Waals surface area (Å²) in [5.74, 6) is 0. The fourth-order valence-corrected chi connectivity index (χ4v) is 3.83. The number of benzene rings is 1. The van der Waals surface area contributed by atoms with Gasteiger partial charge >= 0.3 is 7.12 Å². The molecular formula is C18H26BNO3. The van der Waals surface area contributed by atoms with Crippen molar-refractivity contribution in [2.45, 2.75) is 63.8 Å². The molecular weight excluding hydrogens is 289 g/mol. The average Bonchev–Trinajstić information content (AvgIpc) is 2.87. The Hall–Kier alpha value is -1.04. The molecule has 23 heavy (non-hydrogen) atoms. The third kappa shape index (κ3) is 2.50. The van der Waals surface area contributed by atoms with Crippen molar-refractivity contribution >= 4 is 18.3 Å². The number of fused-ring (bicyclic) bond motifs is 2. The summed E-state index contributed by atoms with van der Waals surface area (Å²) >= 11 is 0. The molecule has 2 bridgehead atoms. The molecule has 4 rings (SSSR count). The first-order valence-electron chi connectivity index (χ1n) is 8.69. The fourth-order valence-electron chi connectivity index (χ4n) is 3.83. The first-order valence-corrected chi connectivity index (χ1v) is 8.69. The number of nitrogens with zero attached hydrogens (tertiary/aromatic N) is 1. The van der Waals surface area contributed by atoms with Crippen LogP contribution in [-0.4, -0.2) is 43.6 Å². The van der Waals surface area contributed by atoms with E-state index in [0.29, 0.717) is 12.1 Å². The lowest BCUT2D eigenvalue weighted by Gasteiger charge is -2.36. The van der Waals surface area contributed by atoms with Crippen LogP contribution in [0.5, 0.6) is 0 Å².